The average Bonchev–Trinajstić information content (AvgIpc) is 2.72. The number of methoxy groups -OCH3 is 1. The Morgan fingerprint density at radius 3 is 2.44 bits per heavy atom. The third-order valence-electron chi connectivity index (χ3n) is 3.84. The molecule has 0 saturated heterocycles. The van der Waals surface area contributed by atoms with Crippen molar-refractivity contribution in [3.05, 3.63) is 59.7 Å². The number of nitrogens with one attached hydrogen (secondary N) is 1. The minimum Gasteiger partial charge on any atom is -0.497 e. The van der Waals surface area contributed by atoms with Crippen LogP contribution in [0, 0.1) is 0 Å². The van der Waals surface area contributed by atoms with E-state index in [1.807, 2.05) is 24.3 Å². The van der Waals surface area contributed by atoms with E-state index in [-0.39, 0.29) is 18.1 Å². The first-order chi connectivity index (χ1) is 13.0. The van der Waals surface area contributed by atoms with Gasteiger partial charge in [-0.1, -0.05) is 31.2 Å². The molecule has 6 nitrogen and oxygen atoms in total. The van der Waals surface area contributed by atoms with Gasteiger partial charge < -0.3 is 14.8 Å². The molecule has 0 bridgehead atoms. The Kier molecular flexibility index (Phi) is 8.00. The van der Waals surface area contributed by atoms with Crippen LogP contribution in [0.1, 0.15) is 22.8 Å². The smallest absolute Gasteiger partial charge is 0.339 e. The lowest BCUT2D eigenvalue weighted by molar-refractivity contribution is -0.124. The van der Waals surface area contributed by atoms with Gasteiger partial charge >= 0.3 is 5.97 Å². The van der Waals surface area contributed by atoms with E-state index in [0.717, 1.165) is 11.3 Å². The predicted octanol–water partition coefficient (Wildman–Crippen LogP) is 2.34. The molecule has 0 saturated carbocycles. The predicted molar refractivity (Wildman–Crippen MR) is 103 cm³/mol. The fourth-order valence-corrected chi connectivity index (χ4v) is 3.33. The molecule has 0 unspecified atom stereocenters. The quantitative estimate of drug-likeness (QED) is 0.666. The van der Waals surface area contributed by atoms with Crippen molar-refractivity contribution in [2.75, 3.05) is 26.0 Å². The van der Waals surface area contributed by atoms with Crippen LogP contribution in [0.25, 0.3) is 0 Å². The van der Waals surface area contributed by atoms with Gasteiger partial charge in [-0.05, 0) is 36.2 Å². The molecule has 0 heterocycles. The Bertz CT molecular complexity index is 804. The SMILES string of the molecule is CC[S@@](=O)c1ccccc1C(=O)OCC(=O)NCCc1ccc(OC)cc1. The summed E-state index contributed by atoms with van der Waals surface area (Å²) in [5, 5.41) is 2.71. The third-order valence-corrected chi connectivity index (χ3v) is 5.21. The number of carbonyl (C=O) groups excluding carboxylic acids is 2. The number of carbonyl (C=O) groups is 2. The van der Waals surface area contributed by atoms with E-state index in [9.17, 15) is 13.8 Å². The first-order valence-electron chi connectivity index (χ1n) is 8.59. The molecule has 1 amide bonds. The molecule has 0 radical (unpaired) electrons. The molecule has 1 atom stereocenters. The van der Waals surface area contributed by atoms with Gasteiger partial charge in [-0.15, -0.1) is 0 Å². The summed E-state index contributed by atoms with van der Waals surface area (Å²) in [6.07, 6.45) is 0.655. The zero-order valence-corrected chi connectivity index (χ0v) is 16.2. The highest BCUT2D eigenvalue weighted by molar-refractivity contribution is 7.85. The number of hydrogen-bond donors (Lipinski definition) is 1. The number of hydrogen-bond acceptors (Lipinski definition) is 5. The van der Waals surface area contributed by atoms with Crippen LogP contribution in [0.5, 0.6) is 5.75 Å². The van der Waals surface area contributed by atoms with Gasteiger partial charge in [-0.3, -0.25) is 9.00 Å². The maximum Gasteiger partial charge on any atom is 0.339 e. The summed E-state index contributed by atoms with van der Waals surface area (Å²) in [5.41, 5.74) is 1.28. The van der Waals surface area contributed by atoms with Crippen LogP contribution in [0.3, 0.4) is 0 Å². The van der Waals surface area contributed by atoms with Crippen molar-refractivity contribution < 1.29 is 23.3 Å². The molecule has 0 fully saturated rings. The Hall–Kier alpha value is -2.67. The van der Waals surface area contributed by atoms with Gasteiger partial charge in [-0.2, -0.15) is 0 Å². The van der Waals surface area contributed by atoms with E-state index in [1.165, 1.54) is 0 Å². The van der Waals surface area contributed by atoms with Gasteiger partial charge in [0.1, 0.15) is 5.75 Å². The van der Waals surface area contributed by atoms with Crippen molar-refractivity contribution in [3.63, 3.8) is 0 Å². The molecule has 0 aliphatic carbocycles. The van der Waals surface area contributed by atoms with E-state index in [2.05, 4.69) is 5.32 Å². The molecule has 0 aliphatic rings. The number of benzene rings is 2. The van der Waals surface area contributed by atoms with Gasteiger partial charge in [-0.25, -0.2) is 4.79 Å². The highest BCUT2D eigenvalue weighted by Gasteiger charge is 2.17. The van der Waals surface area contributed by atoms with E-state index in [0.29, 0.717) is 23.6 Å². The lowest BCUT2D eigenvalue weighted by Gasteiger charge is -2.09. The normalized spacial score (nSPS) is 11.5. The second-order valence-corrected chi connectivity index (χ2v) is 7.36. The monoisotopic (exact) mass is 389 g/mol. The minimum atomic E-state index is -1.28. The molecule has 144 valence electrons. The molecule has 1 N–H and O–H groups in total. The molecule has 7 heteroatoms. The third kappa shape index (κ3) is 6.21. The van der Waals surface area contributed by atoms with Gasteiger partial charge in [0.2, 0.25) is 0 Å². The number of rotatable bonds is 9. The first kappa shape index (κ1) is 20.6. The van der Waals surface area contributed by atoms with Crippen LogP contribution in [0.4, 0.5) is 0 Å². The van der Waals surface area contributed by atoms with Crippen molar-refractivity contribution in [2.24, 2.45) is 0 Å². The van der Waals surface area contributed by atoms with Crippen molar-refractivity contribution in [3.8, 4) is 5.75 Å². The summed E-state index contributed by atoms with van der Waals surface area (Å²) in [6.45, 7) is 1.82. The summed E-state index contributed by atoms with van der Waals surface area (Å²) in [5.74, 6) is 0.138. The summed E-state index contributed by atoms with van der Waals surface area (Å²) < 4.78 is 22.2. The fourth-order valence-electron chi connectivity index (χ4n) is 2.39. The Morgan fingerprint density at radius 1 is 1.07 bits per heavy atom. The second-order valence-electron chi connectivity index (χ2n) is 5.65. The van der Waals surface area contributed by atoms with Crippen molar-refractivity contribution in [1.82, 2.24) is 5.32 Å². The van der Waals surface area contributed by atoms with Crippen LogP contribution in [-0.2, 0) is 26.8 Å². The summed E-state index contributed by atoms with van der Waals surface area (Å²) in [7, 11) is 0.330. The molecule has 0 aliphatic heterocycles. The number of amides is 1. The molecule has 2 rings (SSSR count). The summed E-state index contributed by atoms with van der Waals surface area (Å²) in [6, 6.07) is 14.1. The topological polar surface area (TPSA) is 81.7 Å². The van der Waals surface area contributed by atoms with Crippen molar-refractivity contribution >= 4 is 22.7 Å². The summed E-state index contributed by atoms with van der Waals surface area (Å²) in [4.78, 5) is 24.5. The molecule has 0 spiro atoms. The van der Waals surface area contributed by atoms with Crippen LogP contribution in [0.2, 0.25) is 0 Å². The zero-order valence-electron chi connectivity index (χ0n) is 15.4. The molecule has 2 aromatic rings. The molecular weight excluding hydrogens is 366 g/mol. The van der Waals surface area contributed by atoms with E-state index >= 15 is 0 Å². The Morgan fingerprint density at radius 2 is 1.78 bits per heavy atom. The van der Waals surface area contributed by atoms with Crippen LogP contribution in [0.15, 0.2) is 53.4 Å². The molecule has 0 aromatic heterocycles. The standard InChI is InChI=1S/C20H23NO5S/c1-3-27(24)18-7-5-4-6-17(18)20(23)26-14-19(22)21-13-12-15-8-10-16(25-2)11-9-15/h4-11H,3,12-14H2,1-2H3,(H,21,22)/t27-/m1/s1. The summed E-state index contributed by atoms with van der Waals surface area (Å²) >= 11 is 0. The van der Waals surface area contributed by atoms with Crippen LogP contribution >= 0.6 is 0 Å². The van der Waals surface area contributed by atoms with Crippen LogP contribution < -0.4 is 10.1 Å². The second kappa shape index (κ2) is 10.5. The van der Waals surface area contributed by atoms with Crippen molar-refractivity contribution in [1.29, 1.82) is 0 Å². The molecule has 2 aromatic carbocycles. The average molecular weight is 389 g/mol. The largest absolute Gasteiger partial charge is 0.497 e. The van der Waals surface area contributed by atoms with E-state index in [4.69, 9.17) is 9.47 Å². The van der Waals surface area contributed by atoms with Gasteiger partial charge in [0, 0.05) is 12.3 Å². The van der Waals surface area contributed by atoms with Gasteiger partial charge in [0.15, 0.2) is 6.61 Å². The maximum atomic E-state index is 12.2. The highest BCUT2D eigenvalue weighted by Crippen LogP contribution is 2.15. The lowest BCUT2D eigenvalue weighted by atomic mass is 10.1. The van der Waals surface area contributed by atoms with E-state index < -0.39 is 16.8 Å². The Labute approximate surface area is 161 Å². The molecular formula is C20H23NO5S. The number of ether oxygens (including phenoxy) is 2. The maximum absolute atomic E-state index is 12.2. The van der Waals surface area contributed by atoms with E-state index in [1.54, 1.807) is 38.3 Å². The molecule has 27 heavy (non-hydrogen) atoms. The minimum absolute atomic E-state index is 0.226. The highest BCUT2D eigenvalue weighted by atomic mass is 32.2. The lowest BCUT2D eigenvalue weighted by Crippen LogP contribution is -2.30. The van der Waals surface area contributed by atoms with Gasteiger partial charge in [0.25, 0.3) is 5.91 Å². The van der Waals surface area contributed by atoms with Gasteiger partial charge in [0.05, 0.1) is 28.4 Å². The Balaban J connectivity index is 1.80. The first-order valence-corrected chi connectivity index (χ1v) is 9.91. The van der Waals surface area contributed by atoms with Crippen LogP contribution in [-0.4, -0.2) is 42.1 Å². The van der Waals surface area contributed by atoms with Crippen molar-refractivity contribution in [2.45, 2.75) is 18.2 Å². The fraction of sp³-hybridized carbons (Fsp3) is 0.300. The number of esters is 1. The zero-order chi connectivity index (χ0) is 19.6.